The molecule has 4 nitrogen and oxygen atoms in total. The Morgan fingerprint density at radius 3 is 3.14 bits per heavy atom. The van der Waals surface area contributed by atoms with Gasteiger partial charge in [0.25, 0.3) is 0 Å². The first-order valence-corrected chi connectivity index (χ1v) is 6.09. The summed E-state index contributed by atoms with van der Waals surface area (Å²) in [6, 6.07) is 0. The number of anilines is 1. The number of thioether (sulfide) groups is 1. The van der Waals surface area contributed by atoms with Gasteiger partial charge in [0, 0.05) is 18.9 Å². The molecule has 0 aromatic carbocycles. The molecule has 1 heterocycles. The number of nitrogens with zero attached hydrogens (tertiary/aromatic N) is 2. The van der Waals surface area contributed by atoms with Crippen molar-refractivity contribution in [1.29, 1.82) is 0 Å². The largest absolute Gasteiger partial charge is 0.396 e. The minimum Gasteiger partial charge on any atom is -0.396 e. The third-order valence-electron chi connectivity index (χ3n) is 1.33. The molecule has 0 saturated carbocycles. The van der Waals surface area contributed by atoms with Crippen molar-refractivity contribution in [2.45, 2.75) is 10.8 Å². The van der Waals surface area contributed by atoms with Gasteiger partial charge in [-0.1, -0.05) is 29.2 Å². The Labute approximate surface area is 91.4 Å². The van der Waals surface area contributed by atoms with Crippen LogP contribution < -0.4 is 5.32 Å². The first-order valence-electron chi connectivity index (χ1n) is 4.28. The number of aromatic nitrogens is 2. The minimum atomic E-state index is 0.230. The van der Waals surface area contributed by atoms with E-state index in [1.54, 1.807) is 17.8 Å². The van der Waals surface area contributed by atoms with Crippen LogP contribution in [0.1, 0.15) is 6.42 Å². The van der Waals surface area contributed by atoms with Gasteiger partial charge in [0.1, 0.15) is 0 Å². The molecule has 0 spiro atoms. The molecule has 0 aliphatic rings. The van der Waals surface area contributed by atoms with E-state index < -0.39 is 0 Å². The summed E-state index contributed by atoms with van der Waals surface area (Å²) in [6.45, 7) is 4.54. The molecule has 0 saturated heterocycles. The maximum absolute atomic E-state index is 8.60. The monoisotopic (exact) mass is 231 g/mol. The van der Waals surface area contributed by atoms with Crippen LogP contribution >= 0.6 is 23.1 Å². The number of hydrogen-bond acceptors (Lipinski definition) is 6. The molecule has 14 heavy (non-hydrogen) atoms. The number of aliphatic hydroxyl groups excluding tert-OH is 1. The van der Waals surface area contributed by atoms with E-state index in [4.69, 9.17) is 5.11 Å². The molecule has 1 aromatic heterocycles. The third kappa shape index (κ3) is 4.08. The Morgan fingerprint density at radius 2 is 2.43 bits per heavy atom. The second-order valence-corrected chi connectivity index (χ2v) is 4.79. The first kappa shape index (κ1) is 11.5. The summed E-state index contributed by atoms with van der Waals surface area (Å²) in [5, 5.41) is 20.4. The molecule has 1 aromatic rings. The Hall–Kier alpha value is -0.590. The van der Waals surface area contributed by atoms with Gasteiger partial charge in [0.15, 0.2) is 4.34 Å². The molecule has 0 fully saturated rings. The molecule has 1 rings (SSSR count). The average Bonchev–Trinajstić information content (AvgIpc) is 2.63. The van der Waals surface area contributed by atoms with E-state index in [9.17, 15) is 0 Å². The molecule has 0 aliphatic heterocycles. The fraction of sp³-hybridized carbons (Fsp3) is 0.500. The summed E-state index contributed by atoms with van der Waals surface area (Å²) in [7, 11) is 0. The maximum Gasteiger partial charge on any atom is 0.206 e. The second-order valence-electron chi connectivity index (χ2n) is 2.47. The zero-order valence-corrected chi connectivity index (χ0v) is 9.40. The van der Waals surface area contributed by atoms with Crippen LogP contribution in [-0.4, -0.2) is 34.2 Å². The van der Waals surface area contributed by atoms with Crippen LogP contribution in [-0.2, 0) is 0 Å². The van der Waals surface area contributed by atoms with E-state index in [0.717, 1.165) is 21.6 Å². The van der Waals surface area contributed by atoms with Crippen molar-refractivity contribution in [2.24, 2.45) is 0 Å². The van der Waals surface area contributed by atoms with Gasteiger partial charge in [-0.25, -0.2) is 0 Å². The molecule has 0 amide bonds. The summed E-state index contributed by atoms with van der Waals surface area (Å²) < 4.78 is 0.935. The Kier molecular flexibility index (Phi) is 5.58. The van der Waals surface area contributed by atoms with E-state index >= 15 is 0 Å². The van der Waals surface area contributed by atoms with E-state index in [1.165, 1.54) is 11.3 Å². The van der Waals surface area contributed by atoms with Crippen molar-refractivity contribution in [3.63, 3.8) is 0 Å². The summed E-state index contributed by atoms with van der Waals surface area (Å²) >= 11 is 3.14. The predicted molar refractivity (Wildman–Crippen MR) is 61.0 cm³/mol. The van der Waals surface area contributed by atoms with Crippen LogP contribution in [0.4, 0.5) is 5.13 Å². The van der Waals surface area contributed by atoms with Crippen molar-refractivity contribution in [3.05, 3.63) is 12.7 Å². The van der Waals surface area contributed by atoms with Crippen molar-refractivity contribution in [3.8, 4) is 0 Å². The molecular weight excluding hydrogens is 218 g/mol. The van der Waals surface area contributed by atoms with Crippen LogP contribution in [0.5, 0.6) is 0 Å². The van der Waals surface area contributed by atoms with Crippen LogP contribution in [0, 0.1) is 0 Å². The Morgan fingerprint density at radius 1 is 1.57 bits per heavy atom. The van der Waals surface area contributed by atoms with Crippen LogP contribution in [0.3, 0.4) is 0 Å². The average molecular weight is 231 g/mol. The van der Waals surface area contributed by atoms with Crippen LogP contribution in [0.25, 0.3) is 0 Å². The van der Waals surface area contributed by atoms with E-state index in [-0.39, 0.29) is 6.61 Å². The quantitative estimate of drug-likeness (QED) is 0.424. The lowest BCUT2D eigenvalue weighted by Gasteiger charge is -1.93. The third-order valence-corrected chi connectivity index (χ3v) is 3.43. The van der Waals surface area contributed by atoms with Crippen molar-refractivity contribution < 1.29 is 5.11 Å². The second kappa shape index (κ2) is 6.80. The number of aliphatic hydroxyl groups is 1. The summed E-state index contributed by atoms with van der Waals surface area (Å²) in [5.41, 5.74) is 0. The highest BCUT2D eigenvalue weighted by molar-refractivity contribution is 8.01. The Balaban J connectivity index is 2.31. The standard InChI is InChI=1S/C8H13N3OS2/c1-2-4-9-7-10-11-8(14-7)13-6-3-5-12/h2,12H,1,3-6H2,(H,9,10). The van der Waals surface area contributed by atoms with E-state index in [0.29, 0.717) is 6.54 Å². The summed E-state index contributed by atoms with van der Waals surface area (Å²) in [4.78, 5) is 0. The van der Waals surface area contributed by atoms with Gasteiger partial charge >= 0.3 is 0 Å². The summed E-state index contributed by atoms with van der Waals surface area (Å²) in [6.07, 6.45) is 2.57. The van der Waals surface area contributed by atoms with Crippen molar-refractivity contribution >= 4 is 28.2 Å². The van der Waals surface area contributed by atoms with Gasteiger partial charge in [-0.2, -0.15) is 0 Å². The molecule has 0 atom stereocenters. The fourth-order valence-corrected chi connectivity index (χ4v) is 2.48. The van der Waals surface area contributed by atoms with Crippen LogP contribution in [0.15, 0.2) is 17.0 Å². The lowest BCUT2D eigenvalue weighted by molar-refractivity contribution is 0.296. The minimum absolute atomic E-state index is 0.230. The number of nitrogens with one attached hydrogen (secondary N) is 1. The lowest BCUT2D eigenvalue weighted by atomic mass is 10.5. The summed E-state index contributed by atoms with van der Waals surface area (Å²) in [5.74, 6) is 0.882. The smallest absolute Gasteiger partial charge is 0.206 e. The van der Waals surface area contributed by atoms with Gasteiger partial charge in [-0.3, -0.25) is 0 Å². The molecule has 0 aliphatic carbocycles. The van der Waals surface area contributed by atoms with E-state index in [1.807, 2.05) is 0 Å². The van der Waals surface area contributed by atoms with Gasteiger partial charge in [-0.15, -0.1) is 16.8 Å². The van der Waals surface area contributed by atoms with Crippen LogP contribution in [0.2, 0.25) is 0 Å². The molecule has 0 radical (unpaired) electrons. The molecule has 0 bridgehead atoms. The molecule has 2 N–H and O–H groups in total. The Bertz CT molecular complexity index is 277. The van der Waals surface area contributed by atoms with Gasteiger partial charge in [0.2, 0.25) is 5.13 Å². The molecule has 0 unspecified atom stereocenters. The first-order chi connectivity index (χ1) is 6.86. The highest BCUT2D eigenvalue weighted by atomic mass is 32.2. The van der Waals surface area contributed by atoms with Crippen molar-refractivity contribution in [1.82, 2.24) is 10.2 Å². The zero-order valence-electron chi connectivity index (χ0n) is 7.77. The van der Waals surface area contributed by atoms with Gasteiger partial charge in [-0.05, 0) is 6.42 Å². The molecule has 78 valence electrons. The predicted octanol–water partition coefficient (Wildman–Crippen LogP) is 1.61. The SMILES string of the molecule is C=CCNc1nnc(SCCCO)s1. The topological polar surface area (TPSA) is 58.0 Å². The highest BCUT2D eigenvalue weighted by Crippen LogP contribution is 2.25. The molecular formula is C8H13N3OS2. The maximum atomic E-state index is 8.60. The van der Waals surface area contributed by atoms with Gasteiger partial charge in [0.05, 0.1) is 0 Å². The lowest BCUT2D eigenvalue weighted by Crippen LogP contribution is -1.96. The number of rotatable bonds is 7. The number of hydrogen-bond donors (Lipinski definition) is 2. The molecule has 6 heteroatoms. The van der Waals surface area contributed by atoms with E-state index in [2.05, 4.69) is 22.1 Å². The van der Waals surface area contributed by atoms with Crippen molar-refractivity contribution in [2.75, 3.05) is 24.2 Å². The zero-order chi connectivity index (χ0) is 10.2. The fourth-order valence-electron chi connectivity index (χ4n) is 0.723. The highest BCUT2D eigenvalue weighted by Gasteiger charge is 2.02. The normalized spacial score (nSPS) is 10.1. The van der Waals surface area contributed by atoms with Gasteiger partial charge < -0.3 is 10.4 Å².